The zero-order valence-corrected chi connectivity index (χ0v) is 10.3. The van der Waals surface area contributed by atoms with Crippen molar-refractivity contribution in [2.45, 2.75) is 44.5 Å². The molecule has 1 saturated heterocycles. The number of ether oxygens (including phenoxy) is 1. The van der Waals surface area contributed by atoms with Crippen LogP contribution in [-0.2, 0) is 17.8 Å². The fourth-order valence-electron chi connectivity index (χ4n) is 2.72. The fourth-order valence-corrected chi connectivity index (χ4v) is 2.72. The van der Waals surface area contributed by atoms with E-state index in [1.54, 1.807) is 6.20 Å². The highest BCUT2D eigenvalue weighted by Crippen LogP contribution is 2.34. The molecule has 3 rings (SSSR count). The summed E-state index contributed by atoms with van der Waals surface area (Å²) in [7, 11) is 0. The van der Waals surface area contributed by atoms with E-state index in [1.807, 2.05) is 19.2 Å². The highest BCUT2D eigenvalue weighted by molar-refractivity contribution is 5.27. The SMILES string of the molecule is CC(C1CC(F)(F)CO1)N1Cc2ccncc2C1. The Morgan fingerprint density at radius 1 is 1.44 bits per heavy atom. The summed E-state index contributed by atoms with van der Waals surface area (Å²) in [6, 6.07) is 2.00. The van der Waals surface area contributed by atoms with Crippen molar-refractivity contribution in [2.75, 3.05) is 6.61 Å². The van der Waals surface area contributed by atoms with E-state index in [1.165, 1.54) is 11.1 Å². The molecule has 0 radical (unpaired) electrons. The summed E-state index contributed by atoms with van der Waals surface area (Å²) < 4.78 is 31.5. The molecular formula is C13H16F2N2O. The summed E-state index contributed by atoms with van der Waals surface area (Å²) in [5, 5.41) is 0. The Balaban J connectivity index is 1.68. The van der Waals surface area contributed by atoms with Gasteiger partial charge in [-0.05, 0) is 24.1 Å². The van der Waals surface area contributed by atoms with Crippen LogP contribution in [0, 0.1) is 0 Å². The van der Waals surface area contributed by atoms with Crippen molar-refractivity contribution in [3.05, 3.63) is 29.6 Å². The van der Waals surface area contributed by atoms with Crippen LogP contribution in [0.4, 0.5) is 8.78 Å². The van der Waals surface area contributed by atoms with E-state index >= 15 is 0 Å². The summed E-state index contributed by atoms with van der Waals surface area (Å²) in [6.45, 7) is 3.09. The molecule has 98 valence electrons. The number of fused-ring (bicyclic) bond motifs is 1. The van der Waals surface area contributed by atoms with Crippen LogP contribution in [0.3, 0.4) is 0 Å². The smallest absolute Gasteiger partial charge is 0.273 e. The van der Waals surface area contributed by atoms with Gasteiger partial charge in [0.2, 0.25) is 0 Å². The van der Waals surface area contributed by atoms with Crippen molar-refractivity contribution >= 4 is 0 Å². The molecule has 0 bridgehead atoms. The Morgan fingerprint density at radius 2 is 2.22 bits per heavy atom. The summed E-state index contributed by atoms with van der Waals surface area (Å²) in [5.74, 6) is -2.66. The van der Waals surface area contributed by atoms with Gasteiger partial charge in [-0.2, -0.15) is 0 Å². The minimum Gasteiger partial charge on any atom is -0.370 e. The number of halogens is 2. The molecule has 0 aromatic carbocycles. The summed E-state index contributed by atoms with van der Waals surface area (Å²) in [6.07, 6.45) is 3.08. The number of alkyl halides is 2. The van der Waals surface area contributed by atoms with Crippen molar-refractivity contribution < 1.29 is 13.5 Å². The molecule has 2 aliphatic heterocycles. The van der Waals surface area contributed by atoms with Crippen LogP contribution in [0.5, 0.6) is 0 Å². The van der Waals surface area contributed by atoms with Gasteiger partial charge in [-0.3, -0.25) is 9.88 Å². The lowest BCUT2D eigenvalue weighted by Gasteiger charge is -2.28. The fraction of sp³-hybridized carbons (Fsp3) is 0.615. The molecule has 18 heavy (non-hydrogen) atoms. The Bertz CT molecular complexity index is 427. The number of aromatic nitrogens is 1. The number of hydrogen-bond acceptors (Lipinski definition) is 3. The van der Waals surface area contributed by atoms with Crippen LogP contribution in [0.15, 0.2) is 18.5 Å². The van der Waals surface area contributed by atoms with Crippen molar-refractivity contribution in [1.29, 1.82) is 0 Å². The molecule has 1 aromatic heterocycles. The lowest BCUT2D eigenvalue weighted by atomic mass is 10.1. The average Bonchev–Trinajstić information content (AvgIpc) is 2.91. The highest BCUT2D eigenvalue weighted by Gasteiger charge is 2.44. The molecule has 0 N–H and O–H groups in total. The molecule has 0 aliphatic carbocycles. The number of pyridine rings is 1. The van der Waals surface area contributed by atoms with E-state index in [0.29, 0.717) is 0 Å². The van der Waals surface area contributed by atoms with Crippen molar-refractivity contribution in [3.63, 3.8) is 0 Å². The number of hydrogen-bond donors (Lipinski definition) is 0. The number of rotatable bonds is 2. The first kappa shape index (κ1) is 12.0. The summed E-state index contributed by atoms with van der Waals surface area (Å²) >= 11 is 0. The van der Waals surface area contributed by atoms with Gasteiger partial charge in [-0.15, -0.1) is 0 Å². The minimum absolute atomic E-state index is 0.00535. The van der Waals surface area contributed by atoms with E-state index in [2.05, 4.69) is 9.88 Å². The van der Waals surface area contributed by atoms with Crippen LogP contribution >= 0.6 is 0 Å². The molecule has 0 spiro atoms. The quantitative estimate of drug-likeness (QED) is 0.809. The van der Waals surface area contributed by atoms with Crippen molar-refractivity contribution in [3.8, 4) is 0 Å². The second-order valence-corrected chi connectivity index (χ2v) is 5.20. The third kappa shape index (κ3) is 2.12. The minimum atomic E-state index is -2.66. The number of nitrogens with zero attached hydrogens (tertiary/aromatic N) is 2. The molecule has 0 saturated carbocycles. The Morgan fingerprint density at radius 3 is 2.89 bits per heavy atom. The zero-order chi connectivity index (χ0) is 12.8. The second-order valence-electron chi connectivity index (χ2n) is 5.20. The molecule has 3 heterocycles. The Kier molecular flexibility index (Phi) is 2.83. The van der Waals surface area contributed by atoms with Crippen LogP contribution in [-0.4, -0.2) is 34.6 Å². The van der Waals surface area contributed by atoms with E-state index in [4.69, 9.17) is 4.74 Å². The maximum atomic E-state index is 13.2. The van der Waals surface area contributed by atoms with Gasteiger partial charge in [0, 0.05) is 37.9 Å². The van der Waals surface area contributed by atoms with E-state index in [9.17, 15) is 8.78 Å². The topological polar surface area (TPSA) is 25.4 Å². The molecule has 2 aliphatic rings. The summed E-state index contributed by atoms with van der Waals surface area (Å²) in [4.78, 5) is 6.27. The van der Waals surface area contributed by atoms with Gasteiger partial charge in [-0.25, -0.2) is 8.78 Å². The predicted octanol–water partition coefficient (Wildman–Crippen LogP) is 2.21. The van der Waals surface area contributed by atoms with Gasteiger partial charge in [0.15, 0.2) is 0 Å². The van der Waals surface area contributed by atoms with Crippen molar-refractivity contribution in [2.24, 2.45) is 0 Å². The molecular weight excluding hydrogens is 238 g/mol. The highest BCUT2D eigenvalue weighted by atomic mass is 19.3. The molecule has 5 heteroatoms. The van der Waals surface area contributed by atoms with Crippen molar-refractivity contribution in [1.82, 2.24) is 9.88 Å². The van der Waals surface area contributed by atoms with Gasteiger partial charge in [-0.1, -0.05) is 0 Å². The van der Waals surface area contributed by atoms with Crippen LogP contribution in [0.25, 0.3) is 0 Å². The first-order valence-corrected chi connectivity index (χ1v) is 6.20. The van der Waals surface area contributed by atoms with E-state index in [0.717, 1.165) is 13.1 Å². The molecule has 2 atom stereocenters. The molecule has 2 unspecified atom stereocenters. The third-order valence-corrected chi connectivity index (χ3v) is 3.87. The third-order valence-electron chi connectivity index (χ3n) is 3.87. The molecule has 1 aromatic rings. The molecule has 3 nitrogen and oxygen atoms in total. The van der Waals surface area contributed by atoms with E-state index < -0.39 is 12.5 Å². The lowest BCUT2D eigenvalue weighted by molar-refractivity contribution is -0.0152. The predicted molar refractivity (Wildman–Crippen MR) is 62.3 cm³/mol. The first-order valence-electron chi connectivity index (χ1n) is 6.20. The Labute approximate surface area is 105 Å². The Hall–Kier alpha value is -1.07. The largest absolute Gasteiger partial charge is 0.370 e. The maximum absolute atomic E-state index is 13.2. The van der Waals surface area contributed by atoms with Gasteiger partial charge in [0.25, 0.3) is 5.92 Å². The maximum Gasteiger partial charge on any atom is 0.273 e. The van der Waals surface area contributed by atoms with E-state index in [-0.39, 0.29) is 18.6 Å². The standard InChI is InChI=1S/C13H16F2N2O/c1-9(12-4-13(14,15)8-18-12)17-6-10-2-3-16-5-11(10)7-17/h2-3,5,9,12H,4,6-8H2,1H3. The first-order chi connectivity index (χ1) is 8.55. The van der Waals surface area contributed by atoms with Crippen LogP contribution in [0.1, 0.15) is 24.5 Å². The monoisotopic (exact) mass is 254 g/mol. The van der Waals surface area contributed by atoms with Gasteiger partial charge < -0.3 is 4.74 Å². The van der Waals surface area contributed by atoms with Crippen LogP contribution < -0.4 is 0 Å². The van der Waals surface area contributed by atoms with Gasteiger partial charge in [0.1, 0.15) is 6.61 Å². The van der Waals surface area contributed by atoms with Crippen LogP contribution in [0.2, 0.25) is 0 Å². The zero-order valence-electron chi connectivity index (χ0n) is 10.3. The summed E-state index contributed by atoms with van der Waals surface area (Å²) in [5.41, 5.74) is 2.43. The van der Waals surface area contributed by atoms with Gasteiger partial charge in [0.05, 0.1) is 6.10 Å². The molecule has 1 fully saturated rings. The average molecular weight is 254 g/mol. The lowest BCUT2D eigenvalue weighted by Crippen LogP contribution is -2.38. The second kappa shape index (κ2) is 4.24. The molecule has 0 amide bonds. The normalized spacial score (nSPS) is 28.3. The van der Waals surface area contributed by atoms with Gasteiger partial charge >= 0.3 is 0 Å².